The van der Waals surface area contributed by atoms with E-state index in [2.05, 4.69) is 15.0 Å². The fourth-order valence-electron chi connectivity index (χ4n) is 0.540. The molecule has 1 heterocycles. The van der Waals surface area contributed by atoms with Crippen molar-refractivity contribution in [1.82, 2.24) is 4.98 Å². The number of alkyl halides is 1. The molecule has 1 unspecified atom stereocenters. The number of amides is 1. The summed E-state index contributed by atoms with van der Waals surface area (Å²) in [6.45, 7) is 0. The highest BCUT2D eigenvalue weighted by atomic mass is 32.1. The summed E-state index contributed by atoms with van der Waals surface area (Å²) < 4.78 is 13.0. The number of carbonyl (C=O) groups is 1. The van der Waals surface area contributed by atoms with E-state index in [1.165, 1.54) is 6.20 Å². The highest BCUT2D eigenvalue weighted by molar-refractivity contribution is 7.09. The van der Waals surface area contributed by atoms with Crippen LogP contribution in [0.3, 0.4) is 0 Å². The van der Waals surface area contributed by atoms with Gasteiger partial charge in [-0.05, 0) is 0 Å². The summed E-state index contributed by atoms with van der Waals surface area (Å²) in [6.07, 6.45) is -0.426. The molecule has 0 aromatic carbocycles. The Bertz CT molecular complexity index is 340. The van der Waals surface area contributed by atoms with E-state index in [0.717, 1.165) is 11.3 Å². The number of carbonyl (C=O) groups excluding carboxylic acids is 1. The van der Waals surface area contributed by atoms with Gasteiger partial charge in [-0.1, -0.05) is 5.16 Å². The Balaban J connectivity index is 2.54. The molecule has 14 heavy (non-hydrogen) atoms. The van der Waals surface area contributed by atoms with Gasteiger partial charge in [0.05, 0.1) is 0 Å². The summed E-state index contributed by atoms with van der Waals surface area (Å²) in [5.74, 6) is -1.57. The number of amidine groups is 1. The molecule has 1 aromatic rings. The minimum atomic E-state index is -1.84. The maximum absolute atomic E-state index is 13.0. The van der Waals surface area contributed by atoms with Crippen molar-refractivity contribution in [3.8, 4) is 0 Å². The standard InChI is InChI=1S/C6H7FN4O2S/c7-3(6-10-1-2-14-6)13-11-4(8)5(9)12/h1-3H,(H2,8,11)(H2,9,12). The highest BCUT2D eigenvalue weighted by Gasteiger charge is 2.13. The molecule has 0 aliphatic carbocycles. The number of hydrogen-bond acceptors (Lipinski definition) is 5. The molecule has 4 N–H and O–H groups in total. The quantitative estimate of drug-likeness (QED) is 0.419. The molecule has 6 nitrogen and oxygen atoms in total. The monoisotopic (exact) mass is 218 g/mol. The van der Waals surface area contributed by atoms with Crippen LogP contribution in [0.15, 0.2) is 16.7 Å². The molecule has 0 aliphatic heterocycles. The molecule has 0 radical (unpaired) electrons. The fraction of sp³-hybridized carbons (Fsp3) is 0.167. The zero-order valence-corrected chi connectivity index (χ0v) is 7.70. The van der Waals surface area contributed by atoms with E-state index in [4.69, 9.17) is 11.5 Å². The number of primary amides is 1. The maximum atomic E-state index is 13.0. The molecule has 1 atom stereocenters. The van der Waals surface area contributed by atoms with E-state index in [-0.39, 0.29) is 5.01 Å². The van der Waals surface area contributed by atoms with Gasteiger partial charge in [0, 0.05) is 11.6 Å². The summed E-state index contributed by atoms with van der Waals surface area (Å²) in [5, 5.41) is 4.66. The van der Waals surface area contributed by atoms with E-state index in [1.54, 1.807) is 5.38 Å². The lowest BCUT2D eigenvalue weighted by molar-refractivity contribution is -0.112. The molecule has 8 heteroatoms. The summed E-state index contributed by atoms with van der Waals surface area (Å²) >= 11 is 1.05. The smallest absolute Gasteiger partial charge is 0.315 e. The molecule has 1 rings (SSSR count). The van der Waals surface area contributed by atoms with Crippen molar-refractivity contribution in [2.45, 2.75) is 6.36 Å². The first-order valence-electron chi connectivity index (χ1n) is 3.44. The Labute approximate surface area is 82.4 Å². The Kier molecular flexibility index (Phi) is 3.35. The van der Waals surface area contributed by atoms with Gasteiger partial charge in [0.25, 0.3) is 5.91 Å². The van der Waals surface area contributed by atoms with Crippen LogP contribution in [0.2, 0.25) is 0 Å². The molecule has 0 saturated carbocycles. The second-order valence-corrected chi connectivity index (χ2v) is 3.06. The lowest BCUT2D eigenvalue weighted by Crippen LogP contribution is -2.31. The summed E-state index contributed by atoms with van der Waals surface area (Å²) in [6, 6.07) is 0. The fourth-order valence-corrected chi connectivity index (χ4v) is 1.07. The molecule has 0 bridgehead atoms. The van der Waals surface area contributed by atoms with Gasteiger partial charge in [-0.15, -0.1) is 11.3 Å². The Morgan fingerprint density at radius 1 is 1.71 bits per heavy atom. The van der Waals surface area contributed by atoms with Crippen molar-refractivity contribution < 1.29 is 14.0 Å². The second-order valence-electron chi connectivity index (χ2n) is 2.13. The van der Waals surface area contributed by atoms with Crippen molar-refractivity contribution in [3.63, 3.8) is 0 Å². The van der Waals surface area contributed by atoms with Crippen LogP contribution in [0.5, 0.6) is 0 Å². The van der Waals surface area contributed by atoms with Gasteiger partial charge in [-0.2, -0.15) is 4.39 Å². The second kappa shape index (κ2) is 4.51. The third kappa shape index (κ3) is 2.66. The van der Waals surface area contributed by atoms with Crippen molar-refractivity contribution in [2.24, 2.45) is 16.6 Å². The lowest BCUT2D eigenvalue weighted by Gasteiger charge is -2.01. The van der Waals surface area contributed by atoms with Crippen molar-refractivity contribution in [1.29, 1.82) is 0 Å². The molecular formula is C6H7FN4O2S. The Morgan fingerprint density at radius 3 is 2.93 bits per heavy atom. The average Bonchev–Trinajstić information content (AvgIpc) is 2.66. The number of halogens is 1. The van der Waals surface area contributed by atoms with E-state index >= 15 is 0 Å². The minimum Gasteiger partial charge on any atom is -0.376 e. The molecule has 76 valence electrons. The largest absolute Gasteiger partial charge is 0.376 e. The topological polar surface area (TPSA) is 104 Å². The molecule has 0 saturated heterocycles. The zero-order chi connectivity index (χ0) is 10.6. The van der Waals surface area contributed by atoms with Gasteiger partial charge in [0.1, 0.15) is 0 Å². The predicted octanol–water partition coefficient (Wildman–Crippen LogP) is -0.115. The van der Waals surface area contributed by atoms with Crippen molar-refractivity contribution in [3.05, 3.63) is 16.6 Å². The van der Waals surface area contributed by atoms with Crippen LogP contribution < -0.4 is 11.5 Å². The average molecular weight is 218 g/mol. The first-order chi connectivity index (χ1) is 6.61. The molecule has 0 fully saturated rings. The summed E-state index contributed by atoms with van der Waals surface area (Å²) in [7, 11) is 0. The van der Waals surface area contributed by atoms with Crippen molar-refractivity contribution in [2.75, 3.05) is 0 Å². The summed E-state index contributed by atoms with van der Waals surface area (Å²) in [4.78, 5) is 18.2. The van der Waals surface area contributed by atoms with Crippen LogP contribution in [0, 0.1) is 0 Å². The van der Waals surface area contributed by atoms with Gasteiger partial charge in [0.2, 0.25) is 5.84 Å². The lowest BCUT2D eigenvalue weighted by atomic mass is 10.6. The number of aromatic nitrogens is 1. The van der Waals surface area contributed by atoms with E-state index in [9.17, 15) is 9.18 Å². The molecule has 0 aliphatic rings. The van der Waals surface area contributed by atoms with Gasteiger partial charge in [-0.3, -0.25) is 4.79 Å². The molecular weight excluding hydrogens is 211 g/mol. The van der Waals surface area contributed by atoms with Crippen LogP contribution in [0.25, 0.3) is 0 Å². The summed E-state index contributed by atoms with van der Waals surface area (Å²) in [5.41, 5.74) is 9.72. The van der Waals surface area contributed by atoms with E-state index < -0.39 is 18.1 Å². The van der Waals surface area contributed by atoms with Gasteiger partial charge in [-0.25, -0.2) is 4.98 Å². The van der Waals surface area contributed by atoms with Crippen LogP contribution in [-0.4, -0.2) is 16.7 Å². The van der Waals surface area contributed by atoms with Gasteiger partial charge < -0.3 is 16.3 Å². The molecule has 1 aromatic heterocycles. The predicted molar refractivity (Wildman–Crippen MR) is 47.9 cm³/mol. The number of hydrogen-bond donors (Lipinski definition) is 2. The third-order valence-corrected chi connectivity index (χ3v) is 1.93. The number of thiazole rings is 1. The third-order valence-electron chi connectivity index (χ3n) is 1.14. The van der Waals surface area contributed by atoms with E-state index in [1.807, 2.05) is 0 Å². The van der Waals surface area contributed by atoms with Gasteiger partial charge in [0.15, 0.2) is 5.01 Å². The van der Waals surface area contributed by atoms with Crippen LogP contribution >= 0.6 is 11.3 Å². The first-order valence-corrected chi connectivity index (χ1v) is 4.31. The number of oxime groups is 1. The maximum Gasteiger partial charge on any atom is 0.315 e. The van der Waals surface area contributed by atoms with Crippen LogP contribution in [0.4, 0.5) is 4.39 Å². The SMILES string of the molecule is NC(=O)C(N)=NOC(F)c1nccs1. The van der Waals surface area contributed by atoms with Gasteiger partial charge >= 0.3 is 6.36 Å². The Morgan fingerprint density at radius 2 is 2.43 bits per heavy atom. The molecule has 1 amide bonds. The zero-order valence-electron chi connectivity index (χ0n) is 6.88. The van der Waals surface area contributed by atoms with E-state index in [0.29, 0.717) is 0 Å². The number of nitrogens with two attached hydrogens (primary N) is 2. The van der Waals surface area contributed by atoms with Crippen LogP contribution in [-0.2, 0) is 9.63 Å². The first kappa shape index (κ1) is 10.4. The van der Waals surface area contributed by atoms with Crippen molar-refractivity contribution >= 4 is 23.1 Å². The highest BCUT2D eigenvalue weighted by Crippen LogP contribution is 2.20. The minimum absolute atomic E-state index is 0.0889. The van der Waals surface area contributed by atoms with Crippen LogP contribution in [0.1, 0.15) is 11.4 Å². The number of nitrogens with zero attached hydrogens (tertiary/aromatic N) is 2. The Hall–Kier alpha value is -1.70. The normalized spacial score (nSPS) is 13.6. The molecule has 0 spiro atoms. The number of rotatable bonds is 3.